The summed E-state index contributed by atoms with van der Waals surface area (Å²) in [5, 5.41) is 8.84. The average Bonchev–Trinajstić information content (AvgIpc) is 2.96. The first-order valence-corrected chi connectivity index (χ1v) is 10.1. The van der Waals surface area contributed by atoms with Gasteiger partial charge < -0.3 is 4.74 Å². The molecule has 1 heterocycles. The SMILES string of the molecule is Cc1cc(C)c(OCC(=O)N/N=C/c2c(C)nn(-c3ccccc3)c2Cl)c(Br)c1. The van der Waals surface area contributed by atoms with Crippen LogP contribution in [0.5, 0.6) is 5.75 Å². The van der Waals surface area contributed by atoms with Gasteiger partial charge in [-0.25, -0.2) is 10.1 Å². The van der Waals surface area contributed by atoms with E-state index in [1.807, 2.05) is 63.2 Å². The third kappa shape index (κ3) is 5.05. The topological polar surface area (TPSA) is 68.5 Å². The van der Waals surface area contributed by atoms with Crippen LogP contribution in [0, 0.1) is 20.8 Å². The Morgan fingerprint density at radius 3 is 2.69 bits per heavy atom. The second-order valence-electron chi connectivity index (χ2n) is 6.51. The van der Waals surface area contributed by atoms with Gasteiger partial charge in [-0.3, -0.25) is 4.79 Å². The zero-order valence-electron chi connectivity index (χ0n) is 16.2. The maximum absolute atomic E-state index is 12.1. The van der Waals surface area contributed by atoms with Gasteiger partial charge in [-0.15, -0.1) is 0 Å². The lowest BCUT2D eigenvalue weighted by Crippen LogP contribution is -2.25. The number of ether oxygens (including phenoxy) is 1. The molecule has 3 rings (SSSR count). The van der Waals surface area contributed by atoms with Crippen LogP contribution in [-0.2, 0) is 4.79 Å². The number of hydrogen-bond acceptors (Lipinski definition) is 4. The number of carbonyl (C=O) groups is 1. The van der Waals surface area contributed by atoms with Crippen LogP contribution >= 0.6 is 27.5 Å². The van der Waals surface area contributed by atoms with Crippen molar-refractivity contribution in [1.82, 2.24) is 15.2 Å². The zero-order chi connectivity index (χ0) is 21.0. The van der Waals surface area contributed by atoms with Gasteiger partial charge in [0.1, 0.15) is 10.9 Å². The minimum atomic E-state index is -0.377. The van der Waals surface area contributed by atoms with Gasteiger partial charge in [-0.1, -0.05) is 35.9 Å². The van der Waals surface area contributed by atoms with Gasteiger partial charge in [-0.2, -0.15) is 10.2 Å². The van der Waals surface area contributed by atoms with E-state index >= 15 is 0 Å². The van der Waals surface area contributed by atoms with Crippen molar-refractivity contribution in [2.45, 2.75) is 20.8 Å². The number of para-hydroxylation sites is 1. The minimum absolute atomic E-state index is 0.157. The number of halogens is 2. The molecule has 1 aromatic heterocycles. The Balaban J connectivity index is 1.63. The molecule has 0 spiro atoms. The van der Waals surface area contributed by atoms with Gasteiger partial charge in [0.2, 0.25) is 0 Å². The first kappa shape index (κ1) is 21.1. The Hall–Kier alpha value is -2.64. The van der Waals surface area contributed by atoms with Crippen LogP contribution in [0.1, 0.15) is 22.4 Å². The van der Waals surface area contributed by atoms with Crippen LogP contribution in [0.4, 0.5) is 0 Å². The van der Waals surface area contributed by atoms with Crippen LogP contribution in [0.25, 0.3) is 5.69 Å². The Labute approximate surface area is 182 Å². The predicted molar refractivity (Wildman–Crippen MR) is 118 cm³/mol. The summed E-state index contributed by atoms with van der Waals surface area (Å²) in [5.74, 6) is 0.259. The normalized spacial score (nSPS) is 11.1. The maximum Gasteiger partial charge on any atom is 0.277 e. The van der Waals surface area contributed by atoms with E-state index in [1.54, 1.807) is 4.68 Å². The van der Waals surface area contributed by atoms with Crippen LogP contribution in [0.2, 0.25) is 5.15 Å². The van der Waals surface area contributed by atoms with E-state index in [1.165, 1.54) is 6.21 Å². The maximum atomic E-state index is 12.1. The van der Waals surface area contributed by atoms with E-state index in [0.29, 0.717) is 22.2 Å². The minimum Gasteiger partial charge on any atom is -0.482 e. The molecule has 150 valence electrons. The summed E-state index contributed by atoms with van der Waals surface area (Å²) >= 11 is 9.89. The standard InChI is InChI=1S/C21H20BrClN4O2/c1-13-9-14(2)20(18(22)10-13)29-12-19(28)25-24-11-17-15(3)26-27(21(17)23)16-7-5-4-6-8-16/h4-11H,12H2,1-3H3,(H,25,28)/b24-11+. The molecule has 0 fully saturated rings. The quantitative estimate of drug-likeness (QED) is 0.413. The molecule has 1 N–H and O–H groups in total. The fourth-order valence-electron chi connectivity index (χ4n) is 2.82. The summed E-state index contributed by atoms with van der Waals surface area (Å²) in [6.07, 6.45) is 1.48. The second-order valence-corrected chi connectivity index (χ2v) is 7.72. The highest BCUT2D eigenvalue weighted by atomic mass is 79.9. The van der Waals surface area contributed by atoms with E-state index in [9.17, 15) is 4.79 Å². The highest BCUT2D eigenvalue weighted by molar-refractivity contribution is 9.10. The molecule has 3 aromatic rings. The summed E-state index contributed by atoms with van der Waals surface area (Å²) < 4.78 is 8.05. The van der Waals surface area contributed by atoms with Gasteiger partial charge in [0, 0.05) is 0 Å². The number of benzene rings is 2. The van der Waals surface area contributed by atoms with E-state index in [4.69, 9.17) is 16.3 Å². The molecule has 0 unspecified atom stereocenters. The highest BCUT2D eigenvalue weighted by Crippen LogP contribution is 2.30. The molecule has 2 aromatic carbocycles. The van der Waals surface area contributed by atoms with E-state index in [2.05, 4.69) is 31.6 Å². The van der Waals surface area contributed by atoms with Crippen LogP contribution in [-0.4, -0.2) is 28.5 Å². The van der Waals surface area contributed by atoms with Crippen LogP contribution < -0.4 is 10.2 Å². The molecule has 8 heteroatoms. The van der Waals surface area contributed by atoms with Crippen molar-refractivity contribution in [2.75, 3.05) is 6.61 Å². The second kappa shape index (κ2) is 9.24. The van der Waals surface area contributed by atoms with Gasteiger partial charge in [0.15, 0.2) is 6.61 Å². The van der Waals surface area contributed by atoms with E-state index < -0.39 is 0 Å². The van der Waals surface area contributed by atoms with Gasteiger partial charge >= 0.3 is 0 Å². The monoisotopic (exact) mass is 474 g/mol. The smallest absolute Gasteiger partial charge is 0.277 e. The molecular weight excluding hydrogens is 456 g/mol. The van der Waals surface area contributed by atoms with Gasteiger partial charge in [0.25, 0.3) is 5.91 Å². The third-order valence-electron chi connectivity index (χ3n) is 4.15. The lowest BCUT2D eigenvalue weighted by Gasteiger charge is -2.11. The molecule has 0 saturated heterocycles. The van der Waals surface area contributed by atoms with Crippen LogP contribution in [0.3, 0.4) is 0 Å². The van der Waals surface area contributed by atoms with Crippen molar-refractivity contribution in [1.29, 1.82) is 0 Å². The third-order valence-corrected chi connectivity index (χ3v) is 5.11. The Morgan fingerprint density at radius 1 is 1.28 bits per heavy atom. The van der Waals surface area contributed by atoms with Gasteiger partial charge in [0.05, 0.1) is 27.6 Å². The number of amides is 1. The molecule has 0 bridgehead atoms. The number of hydrogen-bond donors (Lipinski definition) is 1. The fraction of sp³-hybridized carbons (Fsp3) is 0.190. The Bertz CT molecular complexity index is 1040. The van der Waals surface area contributed by atoms with Crippen molar-refractivity contribution in [3.05, 3.63) is 74.5 Å². The summed E-state index contributed by atoms with van der Waals surface area (Å²) in [4.78, 5) is 12.1. The largest absolute Gasteiger partial charge is 0.482 e. The van der Waals surface area contributed by atoms with Crippen molar-refractivity contribution in [2.24, 2.45) is 5.10 Å². The number of hydrazone groups is 1. The number of rotatable bonds is 6. The van der Waals surface area contributed by atoms with Gasteiger partial charge in [-0.05, 0) is 66.0 Å². The number of nitrogens with one attached hydrogen (secondary N) is 1. The summed E-state index contributed by atoms with van der Waals surface area (Å²) in [5.41, 5.74) is 6.69. The van der Waals surface area contributed by atoms with Crippen molar-refractivity contribution in [3.8, 4) is 11.4 Å². The number of nitrogens with zero attached hydrogens (tertiary/aromatic N) is 3. The van der Waals surface area contributed by atoms with E-state index in [-0.39, 0.29) is 12.5 Å². The molecule has 0 aliphatic heterocycles. The average molecular weight is 476 g/mol. The number of aryl methyl sites for hydroxylation is 3. The molecule has 0 aliphatic rings. The molecular formula is C21H20BrClN4O2. The lowest BCUT2D eigenvalue weighted by atomic mass is 10.1. The number of aromatic nitrogens is 2. The Kier molecular flexibility index (Phi) is 6.71. The number of carbonyl (C=O) groups excluding carboxylic acids is 1. The van der Waals surface area contributed by atoms with Crippen molar-refractivity contribution < 1.29 is 9.53 Å². The summed E-state index contributed by atoms with van der Waals surface area (Å²) in [7, 11) is 0. The van der Waals surface area contributed by atoms with E-state index in [0.717, 1.165) is 21.3 Å². The molecule has 6 nitrogen and oxygen atoms in total. The lowest BCUT2D eigenvalue weighted by molar-refractivity contribution is -0.123. The summed E-state index contributed by atoms with van der Waals surface area (Å²) in [6, 6.07) is 13.5. The van der Waals surface area contributed by atoms with Crippen molar-refractivity contribution in [3.63, 3.8) is 0 Å². The molecule has 0 atom stereocenters. The molecule has 0 radical (unpaired) electrons. The molecule has 1 amide bonds. The first-order chi connectivity index (χ1) is 13.9. The highest BCUT2D eigenvalue weighted by Gasteiger charge is 2.13. The molecule has 29 heavy (non-hydrogen) atoms. The van der Waals surface area contributed by atoms with Crippen LogP contribution in [0.15, 0.2) is 52.0 Å². The summed E-state index contributed by atoms with van der Waals surface area (Å²) in [6.45, 7) is 5.60. The predicted octanol–water partition coefficient (Wildman–Crippen LogP) is 4.74. The molecule has 0 saturated carbocycles. The fourth-order valence-corrected chi connectivity index (χ4v) is 3.93. The van der Waals surface area contributed by atoms with Crippen molar-refractivity contribution >= 4 is 39.7 Å². The molecule has 0 aliphatic carbocycles. The first-order valence-electron chi connectivity index (χ1n) is 8.89. The Morgan fingerprint density at radius 2 is 2.00 bits per heavy atom. The zero-order valence-corrected chi connectivity index (χ0v) is 18.6.